The van der Waals surface area contributed by atoms with Gasteiger partial charge in [0.2, 0.25) is 0 Å². The zero-order valence-electron chi connectivity index (χ0n) is 46.9. The van der Waals surface area contributed by atoms with E-state index in [2.05, 4.69) is 275 Å². The molecule has 3 heterocycles. The van der Waals surface area contributed by atoms with Gasteiger partial charge in [0.25, 0.3) is 0 Å². The fraction of sp³-hybridized carbons (Fsp3) is 0.278. The summed E-state index contributed by atoms with van der Waals surface area (Å²) in [5, 5.41) is 15.5. The van der Waals surface area contributed by atoms with Gasteiger partial charge in [-0.15, -0.1) is 0 Å². The fourth-order valence-electron chi connectivity index (χ4n) is 12.4. The highest BCUT2D eigenvalue weighted by molar-refractivity contribution is 6.24. The van der Waals surface area contributed by atoms with Gasteiger partial charge in [0.15, 0.2) is 0 Å². The molecule has 0 spiro atoms. The maximum Gasteiger partial charge on any atom is 0.0561 e. The highest BCUT2D eigenvalue weighted by Gasteiger charge is 2.26. The zero-order valence-corrected chi connectivity index (χ0v) is 46.9. The van der Waals surface area contributed by atoms with Crippen molar-refractivity contribution in [3.05, 3.63) is 186 Å². The van der Waals surface area contributed by atoms with Crippen LogP contribution in [0.4, 0.5) is 0 Å². The first-order valence-electron chi connectivity index (χ1n) is 27.3. The van der Waals surface area contributed by atoms with E-state index in [4.69, 9.17) is 0 Å². The molecular formula is C72H71N3. The molecule has 13 aromatic rings. The number of rotatable bonds is 3. The monoisotopic (exact) mass is 978 g/mol. The Labute approximate surface area is 442 Å². The lowest BCUT2D eigenvalue weighted by Crippen LogP contribution is -2.10. The van der Waals surface area contributed by atoms with E-state index >= 15 is 0 Å². The Morgan fingerprint density at radius 3 is 0.787 bits per heavy atom. The molecule has 75 heavy (non-hydrogen) atoms. The van der Waals surface area contributed by atoms with Crippen molar-refractivity contribution in [3.63, 3.8) is 0 Å². The van der Waals surface area contributed by atoms with Crippen LogP contribution < -0.4 is 0 Å². The van der Waals surface area contributed by atoms with E-state index in [1.165, 1.54) is 126 Å². The number of fused-ring (bicyclic) bond motifs is 9. The first kappa shape index (κ1) is 47.4. The van der Waals surface area contributed by atoms with Crippen LogP contribution in [0.2, 0.25) is 0 Å². The molecule has 3 nitrogen and oxygen atoms in total. The Morgan fingerprint density at radius 2 is 0.493 bits per heavy atom. The van der Waals surface area contributed by atoms with Gasteiger partial charge >= 0.3 is 0 Å². The van der Waals surface area contributed by atoms with Gasteiger partial charge in [-0.2, -0.15) is 0 Å². The quantitative estimate of drug-likeness (QED) is 0.157. The lowest BCUT2D eigenvalue weighted by molar-refractivity contribution is 0.590. The molecule has 0 radical (unpaired) electrons. The lowest BCUT2D eigenvalue weighted by atomic mass is 9.83. The summed E-state index contributed by atoms with van der Waals surface area (Å²) in [6, 6.07) is 62.2. The third-order valence-electron chi connectivity index (χ3n) is 16.9. The molecule has 0 fully saturated rings. The Hall–Kier alpha value is -7.36. The van der Waals surface area contributed by atoms with Gasteiger partial charge in [0, 0.05) is 49.4 Å². The maximum atomic E-state index is 2.57. The standard InChI is InChI=1S/C72H71N3/c1-68(2,3)46-20-28-60-56(36-46)57-37-47(69(4,5)6)21-29-61(57)73(60)51-24-26-54-55-27-25-52(74-62-30-22-48(70(7,8)9)38-58(62)59-39-49(71(10,11)12)23-31-63(59)74)41-65(55)75(64(54)40-51)53-34-44-18-16-42-32-50(72(13,14)15)33-43-17-19-45(35-53)67(44)66(42)43/h16-41H,1-15H3. The molecule has 0 saturated heterocycles. The van der Waals surface area contributed by atoms with Gasteiger partial charge in [-0.05, 0) is 172 Å². The van der Waals surface area contributed by atoms with Crippen molar-refractivity contribution < 1.29 is 0 Å². The highest BCUT2D eigenvalue weighted by Crippen LogP contribution is 2.45. The summed E-state index contributed by atoms with van der Waals surface area (Å²) >= 11 is 0. The van der Waals surface area contributed by atoms with Crippen LogP contribution in [0, 0.1) is 0 Å². The second-order valence-corrected chi connectivity index (χ2v) is 27.3. The summed E-state index contributed by atoms with van der Waals surface area (Å²) in [5.41, 5.74) is 17.6. The number of hydrogen-bond donors (Lipinski definition) is 0. The van der Waals surface area contributed by atoms with Crippen molar-refractivity contribution in [3.8, 4) is 17.1 Å². The minimum Gasteiger partial charge on any atom is -0.309 e. The molecule has 3 heteroatoms. The summed E-state index contributed by atoms with van der Waals surface area (Å²) in [4.78, 5) is 0. The van der Waals surface area contributed by atoms with E-state index in [0.717, 1.165) is 17.1 Å². The number of hydrogen-bond acceptors (Lipinski definition) is 0. The van der Waals surface area contributed by atoms with Crippen LogP contribution in [0.25, 0.3) is 115 Å². The zero-order chi connectivity index (χ0) is 52.6. The first-order chi connectivity index (χ1) is 35.3. The van der Waals surface area contributed by atoms with Gasteiger partial charge in [-0.3, -0.25) is 0 Å². The normalized spacial score (nSPS) is 13.5. The van der Waals surface area contributed by atoms with Crippen LogP contribution in [0.3, 0.4) is 0 Å². The summed E-state index contributed by atoms with van der Waals surface area (Å²) < 4.78 is 7.59. The summed E-state index contributed by atoms with van der Waals surface area (Å²) in [7, 11) is 0. The molecule has 3 aromatic heterocycles. The van der Waals surface area contributed by atoms with Crippen LogP contribution in [-0.2, 0) is 27.1 Å². The molecule has 0 bridgehead atoms. The third kappa shape index (κ3) is 7.35. The summed E-state index contributed by atoms with van der Waals surface area (Å²) in [5.74, 6) is 0. The van der Waals surface area contributed by atoms with Crippen LogP contribution >= 0.6 is 0 Å². The fourth-order valence-corrected chi connectivity index (χ4v) is 12.4. The van der Waals surface area contributed by atoms with E-state index in [1.807, 2.05) is 0 Å². The molecule has 0 amide bonds. The Balaban J connectivity index is 1.11. The van der Waals surface area contributed by atoms with E-state index in [0.29, 0.717) is 0 Å². The van der Waals surface area contributed by atoms with Crippen LogP contribution in [-0.4, -0.2) is 13.7 Å². The van der Waals surface area contributed by atoms with Crippen LogP contribution in [0.1, 0.15) is 132 Å². The van der Waals surface area contributed by atoms with E-state index in [1.54, 1.807) is 0 Å². The Kier molecular flexibility index (Phi) is 9.85. The third-order valence-corrected chi connectivity index (χ3v) is 16.9. The second-order valence-electron chi connectivity index (χ2n) is 27.3. The van der Waals surface area contributed by atoms with Gasteiger partial charge in [-0.25, -0.2) is 0 Å². The Morgan fingerprint density at radius 1 is 0.213 bits per heavy atom. The number of nitrogens with zero attached hydrogens (tertiary/aromatic N) is 3. The van der Waals surface area contributed by atoms with Gasteiger partial charge < -0.3 is 13.7 Å². The molecule has 13 rings (SSSR count). The Bertz CT molecular complexity index is 4110. The largest absolute Gasteiger partial charge is 0.309 e. The van der Waals surface area contributed by atoms with E-state index < -0.39 is 0 Å². The molecule has 0 aliphatic rings. The average Bonchev–Trinajstić information content (AvgIpc) is 4.01. The predicted molar refractivity (Wildman–Crippen MR) is 327 cm³/mol. The number of benzene rings is 10. The van der Waals surface area contributed by atoms with Gasteiger partial charge in [-0.1, -0.05) is 177 Å². The van der Waals surface area contributed by atoms with E-state index in [9.17, 15) is 0 Å². The van der Waals surface area contributed by atoms with Crippen molar-refractivity contribution >= 4 is 97.7 Å². The predicted octanol–water partition coefficient (Wildman–Crippen LogP) is 20.4. The van der Waals surface area contributed by atoms with Gasteiger partial charge in [0.05, 0.1) is 33.1 Å². The second kappa shape index (κ2) is 15.6. The number of aromatic nitrogens is 3. The topological polar surface area (TPSA) is 14.8 Å². The molecule has 0 atom stereocenters. The SMILES string of the molecule is CC(C)(C)c1cc2ccc3cc(-n4c5cc(-n6c7ccc(C(C)(C)C)cc7c7cc(C(C)(C)C)ccc76)ccc5c5ccc(-n6c7ccc(C(C)(C)C)cc7c7cc(C(C)(C)C)ccc76)cc54)cc4ccc(c1)c2c34. The molecule has 0 aliphatic carbocycles. The van der Waals surface area contributed by atoms with Crippen molar-refractivity contribution in [1.82, 2.24) is 13.7 Å². The maximum absolute atomic E-state index is 2.57. The van der Waals surface area contributed by atoms with Crippen molar-refractivity contribution in [2.24, 2.45) is 0 Å². The van der Waals surface area contributed by atoms with Crippen molar-refractivity contribution in [2.75, 3.05) is 0 Å². The smallest absolute Gasteiger partial charge is 0.0561 e. The summed E-state index contributed by atoms with van der Waals surface area (Å²) in [6.07, 6.45) is 0. The van der Waals surface area contributed by atoms with Crippen LogP contribution in [0.5, 0.6) is 0 Å². The van der Waals surface area contributed by atoms with Crippen molar-refractivity contribution in [1.29, 1.82) is 0 Å². The average molecular weight is 978 g/mol. The van der Waals surface area contributed by atoms with Crippen molar-refractivity contribution in [2.45, 2.75) is 131 Å². The highest BCUT2D eigenvalue weighted by atomic mass is 15.0. The molecule has 0 saturated carbocycles. The molecule has 0 N–H and O–H groups in total. The van der Waals surface area contributed by atoms with E-state index in [-0.39, 0.29) is 27.1 Å². The molecule has 0 unspecified atom stereocenters. The molecular weight excluding hydrogens is 907 g/mol. The molecule has 374 valence electrons. The first-order valence-corrected chi connectivity index (χ1v) is 27.3. The van der Waals surface area contributed by atoms with Gasteiger partial charge in [0.1, 0.15) is 0 Å². The van der Waals surface area contributed by atoms with Crippen LogP contribution in [0.15, 0.2) is 158 Å². The minimum atomic E-state index is 0.0184. The molecule has 0 aliphatic heterocycles. The minimum absolute atomic E-state index is 0.0184. The lowest BCUT2D eigenvalue weighted by Gasteiger charge is -2.22. The molecule has 10 aromatic carbocycles. The summed E-state index contributed by atoms with van der Waals surface area (Å²) in [6.45, 7) is 34.8.